The van der Waals surface area contributed by atoms with E-state index in [0.29, 0.717) is 6.04 Å². The van der Waals surface area contributed by atoms with Gasteiger partial charge in [-0.1, -0.05) is 24.3 Å². The lowest BCUT2D eigenvalue weighted by molar-refractivity contribution is 0.248. The van der Waals surface area contributed by atoms with Crippen molar-refractivity contribution in [1.29, 1.82) is 0 Å². The maximum Gasteiger partial charge on any atom is 0.0947 e. The Hall–Kier alpha value is -1.58. The molecule has 0 N–H and O–H groups in total. The average Bonchev–Trinajstić information content (AvgIpc) is 3.11. The minimum absolute atomic E-state index is 0.549. The molecule has 0 bridgehead atoms. The second-order valence-electron chi connectivity index (χ2n) is 6.24. The maximum atomic E-state index is 5.19. The fourth-order valence-electron chi connectivity index (χ4n) is 3.22. The Morgan fingerprint density at radius 3 is 2.62 bits per heavy atom. The van der Waals surface area contributed by atoms with E-state index < -0.39 is 0 Å². The summed E-state index contributed by atoms with van der Waals surface area (Å²) in [4.78, 5) is 4.77. The van der Waals surface area contributed by atoms with E-state index in [9.17, 15) is 0 Å². The highest BCUT2D eigenvalue weighted by atomic mass is 16.3. The Bertz CT molecular complexity index is 545. The van der Waals surface area contributed by atoms with Gasteiger partial charge in [0.05, 0.1) is 12.5 Å². The number of likely N-dealkylation sites (tertiary alicyclic amines) is 1. The van der Waals surface area contributed by atoms with Crippen LogP contribution in [0.2, 0.25) is 0 Å². The quantitative estimate of drug-likeness (QED) is 0.835. The third-order valence-corrected chi connectivity index (χ3v) is 4.19. The van der Waals surface area contributed by atoms with Crippen molar-refractivity contribution in [1.82, 2.24) is 9.80 Å². The van der Waals surface area contributed by atoms with Crippen molar-refractivity contribution in [3.05, 3.63) is 59.5 Å². The van der Waals surface area contributed by atoms with Crippen molar-refractivity contribution in [2.24, 2.45) is 0 Å². The van der Waals surface area contributed by atoms with Crippen molar-refractivity contribution >= 4 is 0 Å². The molecule has 21 heavy (non-hydrogen) atoms. The molecule has 0 saturated carbocycles. The second kappa shape index (κ2) is 6.46. The van der Waals surface area contributed by atoms with Gasteiger partial charge in [0.2, 0.25) is 0 Å². The van der Waals surface area contributed by atoms with Gasteiger partial charge in [-0.25, -0.2) is 0 Å². The summed E-state index contributed by atoms with van der Waals surface area (Å²) in [5.41, 5.74) is 4.09. The largest absolute Gasteiger partial charge is 0.472 e. The smallest absolute Gasteiger partial charge is 0.0947 e. The van der Waals surface area contributed by atoms with Crippen LogP contribution in [0.3, 0.4) is 0 Å². The summed E-state index contributed by atoms with van der Waals surface area (Å²) in [6.07, 6.45) is 6.15. The van der Waals surface area contributed by atoms with Crippen LogP contribution in [-0.4, -0.2) is 30.4 Å². The molecule has 0 spiro atoms. The first-order valence-electron chi connectivity index (χ1n) is 7.71. The van der Waals surface area contributed by atoms with Crippen LogP contribution in [0.15, 0.2) is 47.3 Å². The molecular weight excluding hydrogens is 260 g/mol. The topological polar surface area (TPSA) is 19.6 Å². The summed E-state index contributed by atoms with van der Waals surface area (Å²) < 4.78 is 5.19. The number of furan rings is 1. The summed E-state index contributed by atoms with van der Waals surface area (Å²) >= 11 is 0. The van der Waals surface area contributed by atoms with Crippen LogP contribution in [0.1, 0.15) is 35.6 Å². The highest BCUT2D eigenvalue weighted by Gasteiger charge is 2.26. The van der Waals surface area contributed by atoms with Gasteiger partial charge < -0.3 is 9.32 Å². The van der Waals surface area contributed by atoms with Crippen LogP contribution >= 0.6 is 0 Å². The van der Waals surface area contributed by atoms with Crippen molar-refractivity contribution in [3.8, 4) is 0 Å². The molecule has 2 aromatic rings. The van der Waals surface area contributed by atoms with Crippen molar-refractivity contribution in [3.63, 3.8) is 0 Å². The number of benzene rings is 1. The highest BCUT2D eigenvalue weighted by Crippen LogP contribution is 2.33. The van der Waals surface area contributed by atoms with Crippen LogP contribution < -0.4 is 0 Å². The van der Waals surface area contributed by atoms with Gasteiger partial charge in [0.25, 0.3) is 0 Å². The van der Waals surface area contributed by atoms with E-state index in [1.165, 1.54) is 36.1 Å². The van der Waals surface area contributed by atoms with Crippen molar-refractivity contribution < 1.29 is 4.42 Å². The summed E-state index contributed by atoms with van der Waals surface area (Å²) in [5, 5.41) is 0. The predicted octanol–water partition coefficient (Wildman–Crippen LogP) is 3.68. The molecule has 1 unspecified atom stereocenters. The molecule has 1 aliphatic heterocycles. The highest BCUT2D eigenvalue weighted by molar-refractivity contribution is 5.26. The van der Waals surface area contributed by atoms with Gasteiger partial charge in [0.15, 0.2) is 0 Å². The van der Waals surface area contributed by atoms with Gasteiger partial charge in [-0.3, -0.25) is 4.90 Å². The molecular formula is C18H24N2O. The molecule has 1 aliphatic rings. The molecule has 112 valence electrons. The minimum atomic E-state index is 0.549. The van der Waals surface area contributed by atoms with Crippen LogP contribution in [0.25, 0.3) is 0 Å². The monoisotopic (exact) mass is 284 g/mol. The average molecular weight is 284 g/mol. The molecule has 3 heteroatoms. The fraction of sp³-hybridized carbons (Fsp3) is 0.444. The Balaban J connectivity index is 1.69. The van der Waals surface area contributed by atoms with Gasteiger partial charge in [-0.2, -0.15) is 0 Å². The first-order valence-corrected chi connectivity index (χ1v) is 7.71. The summed E-state index contributed by atoms with van der Waals surface area (Å²) in [7, 11) is 4.22. The predicted molar refractivity (Wildman–Crippen MR) is 84.9 cm³/mol. The molecule has 1 fully saturated rings. The van der Waals surface area contributed by atoms with E-state index in [-0.39, 0.29) is 0 Å². The fourth-order valence-corrected chi connectivity index (χ4v) is 3.22. The molecule has 1 aromatic carbocycles. The SMILES string of the molecule is CN(C)Cc1ccc(C2CCCN2Cc2ccoc2)cc1. The van der Waals surface area contributed by atoms with Gasteiger partial charge in [0, 0.05) is 24.7 Å². The van der Waals surface area contributed by atoms with Crippen LogP contribution in [0.5, 0.6) is 0 Å². The lowest BCUT2D eigenvalue weighted by Crippen LogP contribution is -2.22. The lowest BCUT2D eigenvalue weighted by Gasteiger charge is -2.24. The number of hydrogen-bond acceptors (Lipinski definition) is 3. The first kappa shape index (κ1) is 14.4. The number of hydrogen-bond donors (Lipinski definition) is 0. The zero-order valence-corrected chi connectivity index (χ0v) is 13.0. The van der Waals surface area contributed by atoms with E-state index in [0.717, 1.165) is 13.1 Å². The third kappa shape index (κ3) is 3.55. The van der Waals surface area contributed by atoms with E-state index in [1.807, 2.05) is 6.26 Å². The molecule has 3 nitrogen and oxygen atoms in total. The van der Waals surface area contributed by atoms with Crippen LogP contribution in [-0.2, 0) is 13.1 Å². The third-order valence-electron chi connectivity index (χ3n) is 4.19. The zero-order chi connectivity index (χ0) is 14.7. The van der Waals surface area contributed by atoms with Gasteiger partial charge in [-0.05, 0) is 50.7 Å². The molecule has 3 rings (SSSR count). The molecule has 0 aliphatic carbocycles. The van der Waals surface area contributed by atoms with Gasteiger partial charge in [-0.15, -0.1) is 0 Å². The van der Waals surface area contributed by atoms with E-state index >= 15 is 0 Å². The zero-order valence-electron chi connectivity index (χ0n) is 13.0. The Labute approximate surface area is 127 Å². The Morgan fingerprint density at radius 2 is 1.95 bits per heavy atom. The summed E-state index contributed by atoms with van der Waals surface area (Å²) in [6.45, 7) is 3.17. The molecule has 0 radical (unpaired) electrons. The molecule has 1 atom stereocenters. The lowest BCUT2D eigenvalue weighted by atomic mass is 10.0. The molecule has 0 amide bonds. The molecule has 2 heterocycles. The van der Waals surface area contributed by atoms with Gasteiger partial charge >= 0.3 is 0 Å². The van der Waals surface area contributed by atoms with Crippen LogP contribution in [0, 0.1) is 0 Å². The maximum absolute atomic E-state index is 5.19. The van der Waals surface area contributed by atoms with E-state index in [1.54, 1.807) is 6.26 Å². The minimum Gasteiger partial charge on any atom is -0.472 e. The van der Waals surface area contributed by atoms with Crippen molar-refractivity contribution in [2.75, 3.05) is 20.6 Å². The number of rotatable bonds is 5. The Kier molecular flexibility index (Phi) is 4.42. The summed E-state index contributed by atoms with van der Waals surface area (Å²) in [5.74, 6) is 0. The Morgan fingerprint density at radius 1 is 1.14 bits per heavy atom. The van der Waals surface area contributed by atoms with Gasteiger partial charge in [0.1, 0.15) is 0 Å². The normalized spacial score (nSPS) is 19.5. The standard InChI is InChI=1S/C18H24N2O/c1-19(2)12-15-5-7-17(8-6-15)18-4-3-10-20(18)13-16-9-11-21-14-16/h5-9,11,14,18H,3-4,10,12-13H2,1-2H3. The first-order chi connectivity index (χ1) is 10.2. The van der Waals surface area contributed by atoms with Crippen LogP contribution in [0.4, 0.5) is 0 Å². The second-order valence-corrected chi connectivity index (χ2v) is 6.24. The van der Waals surface area contributed by atoms with E-state index in [4.69, 9.17) is 4.42 Å². The van der Waals surface area contributed by atoms with Crippen molar-refractivity contribution in [2.45, 2.75) is 32.0 Å². The number of nitrogens with zero attached hydrogens (tertiary/aromatic N) is 2. The molecule has 1 saturated heterocycles. The van der Waals surface area contributed by atoms with E-state index in [2.05, 4.69) is 54.2 Å². The summed E-state index contributed by atoms with van der Waals surface area (Å²) in [6, 6.07) is 11.8. The molecule has 1 aromatic heterocycles.